The molecule has 40 heavy (non-hydrogen) atoms. The van der Waals surface area contributed by atoms with Crippen molar-refractivity contribution in [3.63, 3.8) is 0 Å². The van der Waals surface area contributed by atoms with Gasteiger partial charge in [-0.3, -0.25) is 19.1 Å². The lowest BCUT2D eigenvalue weighted by Gasteiger charge is -2.26. The summed E-state index contributed by atoms with van der Waals surface area (Å²) in [6.45, 7) is 5.56. The van der Waals surface area contributed by atoms with Gasteiger partial charge in [0.1, 0.15) is 22.9 Å². The minimum atomic E-state index is -0.0594. The molecule has 5 rings (SSSR count). The molecule has 10 nitrogen and oxygen atoms in total. The molecule has 0 radical (unpaired) electrons. The van der Waals surface area contributed by atoms with Crippen LogP contribution in [0.2, 0.25) is 0 Å². The fraction of sp³-hybridized carbons (Fsp3) is 0.300. The highest BCUT2D eigenvalue weighted by molar-refractivity contribution is 6.15. The Balaban J connectivity index is 1.53. The second-order valence-corrected chi connectivity index (χ2v) is 9.87. The highest BCUT2D eigenvalue weighted by atomic mass is 16.3. The monoisotopic (exact) mass is 535 g/mol. The van der Waals surface area contributed by atoms with Crippen LogP contribution < -0.4 is 0 Å². The molecule has 0 aromatic carbocycles. The van der Waals surface area contributed by atoms with Gasteiger partial charge in [-0.15, -0.1) is 0 Å². The van der Waals surface area contributed by atoms with E-state index in [0.29, 0.717) is 73.1 Å². The number of carbonyl (C=O) groups excluding carboxylic acids is 1. The van der Waals surface area contributed by atoms with Crippen molar-refractivity contribution >= 4 is 17.9 Å². The molecular formula is C30H29N7O3. The summed E-state index contributed by atoms with van der Waals surface area (Å²) in [7, 11) is 1.97. The van der Waals surface area contributed by atoms with E-state index in [9.17, 15) is 4.79 Å². The van der Waals surface area contributed by atoms with Crippen LogP contribution in [0.25, 0.3) is 35.1 Å². The largest absolute Gasteiger partial charge is 0.460 e. The maximum Gasteiger partial charge on any atom is 0.187 e. The number of ketones is 1. The number of likely N-dealkylation sites (N-methyl/N-ethyl adjacent to an activating group) is 1. The summed E-state index contributed by atoms with van der Waals surface area (Å²) in [5.74, 6) is 2.68. The Morgan fingerprint density at radius 2 is 1.27 bits per heavy atom. The topological polar surface area (TPSA) is 130 Å². The Hall–Kier alpha value is -4.93. The minimum absolute atomic E-state index is 0.0594. The van der Waals surface area contributed by atoms with E-state index in [1.807, 2.05) is 69.7 Å². The SMILES string of the molecule is Cc1ccc(-c2nn(CCC#N)cc2C=C2CN(C)CC(=Cc3cn(CCC#N)nc3-c3ccc(C)o3)C2=O)o1. The summed E-state index contributed by atoms with van der Waals surface area (Å²) in [4.78, 5) is 15.9. The molecule has 202 valence electrons. The third kappa shape index (κ3) is 5.73. The molecule has 5 heterocycles. The number of nitriles is 2. The van der Waals surface area contributed by atoms with Crippen LogP contribution in [-0.4, -0.2) is 50.4 Å². The van der Waals surface area contributed by atoms with Gasteiger partial charge in [-0.1, -0.05) is 0 Å². The number of carbonyl (C=O) groups is 1. The number of piperidine rings is 1. The lowest BCUT2D eigenvalue weighted by atomic mass is 9.94. The third-order valence-electron chi connectivity index (χ3n) is 6.56. The second-order valence-electron chi connectivity index (χ2n) is 9.87. The van der Waals surface area contributed by atoms with Crippen molar-refractivity contribution in [3.05, 3.63) is 70.5 Å². The predicted molar refractivity (Wildman–Crippen MR) is 148 cm³/mol. The van der Waals surface area contributed by atoms with Crippen molar-refractivity contribution in [1.82, 2.24) is 24.5 Å². The highest BCUT2D eigenvalue weighted by Gasteiger charge is 2.26. The van der Waals surface area contributed by atoms with Gasteiger partial charge >= 0.3 is 0 Å². The van der Waals surface area contributed by atoms with E-state index < -0.39 is 0 Å². The Morgan fingerprint density at radius 3 is 1.65 bits per heavy atom. The molecule has 1 aliphatic heterocycles. The fourth-order valence-electron chi connectivity index (χ4n) is 4.73. The van der Waals surface area contributed by atoms with E-state index >= 15 is 0 Å². The standard InChI is InChI=1S/C30H29N7O3/c1-20-6-8-26(39-20)28-22(18-36(33-28)12-4-10-31)14-24-16-35(3)17-25(30(24)38)15-23-19-37(13-5-11-32)34-29(23)27-9-7-21(2)40-27/h6-9,14-15,18-19H,4-5,12-13,16-17H2,1-3H3. The van der Waals surface area contributed by atoms with Crippen LogP contribution in [0.3, 0.4) is 0 Å². The first-order valence-corrected chi connectivity index (χ1v) is 13.0. The first-order chi connectivity index (χ1) is 19.3. The maximum absolute atomic E-state index is 13.8. The normalized spacial score (nSPS) is 16.1. The molecule has 4 aromatic rings. The number of hydrogen-bond donors (Lipinski definition) is 0. The Labute approximate surface area is 232 Å². The third-order valence-corrected chi connectivity index (χ3v) is 6.56. The summed E-state index contributed by atoms with van der Waals surface area (Å²) < 4.78 is 15.1. The van der Waals surface area contributed by atoms with Gasteiger partial charge in [0.2, 0.25) is 0 Å². The molecule has 0 aliphatic carbocycles. The van der Waals surface area contributed by atoms with E-state index in [1.54, 1.807) is 9.36 Å². The number of Topliss-reactive ketones (excluding diaryl/α,β-unsaturated/α-hetero) is 1. The molecule has 4 aromatic heterocycles. The predicted octanol–water partition coefficient (Wildman–Crippen LogP) is 5.03. The zero-order chi connectivity index (χ0) is 28.2. The molecule has 0 atom stereocenters. The van der Waals surface area contributed by atoms with Gasteiger partial charge in [0.05, 0.1) is 38.1 Å². The van der Waals surface area contributed by atoms with Crippen LogP contribution in [0.1, 0.15) is 35.5 Å². The van der Waals surface area contributed by atoms with Crippen LogP contribution in [0.15, 0.2) is 56.6 Å². The summed E-state index contributed by atoms with van der Waals surface area (Å²) in [5, 5.41) is 27.4. The number of aromatic nitrogens is 4. The number of hydrogen-bond acceptors (Lipinski definition) is 8. The second kappa shape index (κ2) is 11.4. The molecule has 1 saturated heterocycles. The summed E-state index contributed by atoms with van der Waals surface area (Å²) >= 11 is 0. The molecule has 1 fully saturated rings. The van der Waals surface area contributed by atoms with Crippen LogP contribution in [-0.2, 0) is 17.9 Å². The molecule has 0 bridgehead atoms. The van der Waals surface area contributed by atoms with Gasteiger partial charge in [-0.25, -0.2) is 0 Å². The Morgan fingerprint density at radius 1 is 0.825 bits per heavy atom. The van der Waals surface area contributed by atoms with Gasteiger partial charge in [0, 0.05) is 47.8 Å². The fourth-order valence-corrected chi connectivity index (χ4v) is 4.73. The van der Waals surface area contributed by atoms with Crippen LogP contribution in [0.5, 0.6) is 0 Å². The molecule has 0 unspecified atom stereocenters. The van der Waals surface area contributed by atoms with Crippen LogP contribution in [0, 0.1) is 36.5 Å². The first-order valence-electron chi connectivity index (χ1n) is 13.0. The van der Waals surface area contributed by atoms with E-state index in [-0.39, 0.29) is 5.78 Å². The zero-order valence-corrected chi connectivity index (χ0v) is 22.7. The van der Waals surface area contributed by atoms with Crippen molar-refractivity contribution in [2.24, 2.45) is 0 Å². The van der Waals surface area contributed by atoms with Crippen molar-refractivity contribution < 1.29 is 13.6 Å². The van der Waals surface area contributed by atoms with Gasteiger partial charge in [-0.2, -0.15) is 20.7 Å². The van der Waals surface area contributed by atoms with E-state index in [2.05, 4.69) is 27.2 Å². The van der Waals surface area contributed by atoms with Crippen molar-refractivity contribution in [2.75, 3.05) is 20.1 Å². The van der Waals surface area contributed by atoms with E-state index in [4.69, 9.17) is 19.4 Å². The van der Waals surface area contributed by atoms with Crippen LogP contribution in [0.4, 0.5) is 0 Å². The average molecular weight is 536 g/mol. The Bertz CT molecular complexity index is 1570. The van der Waals surface area contributed by atoms with Gasteiger partial charge in [-0.05, 0) is 57.3 Å². The molecule has 0 saturated carbocycles. The smallest absolute Gasteiger partial charge is 0.187 e. The highest BCUT2D eigenvalue weighted by Crippen LogP contribution is 2.30. The summed E-state index contributed by atoms with van der Waals surface area (Å²) in [6.07, 6.45) is 8.06. The number of nitrogens with zero attached hydrogens (tertiary/aromatic N) is 7. The minimum Gasteiger partial charge on any atom is -0.460 e. The average Bonchev–Trinajstić information content (AvgIpc) is 3.72. The molecule has 10 heteroatoms. The van der Waals surface area contributed by atoms with Crippen molar-refractivity contribution in [2.45, 2.75) is 39.8 Å². The van der Waals surface area contributed by atoms with Crippen molar-refractivity contribution in [3.8, 4) is 35.0 Å². The maximum atomic E-state index is 13.8. The molecule has 1 aliphatic rings. The number of likely N-dealkylation sites (tertiary alicyclic amines) is 1. The van der Waals surface area contributed by atoms with Crippen molar-refractivity contribution in [1.29, 1.82) is 10.5 Å². The quantitative estimate of drug-likeness (QED) is 0.287. The van der Waals surface area contributed by atoms with Gasteiger partial charge in [0.15, 0.2) is 17.3 Å². The van der Waals surface area contributed by atoms with E-state index in [0.717, 1.165) is 22.6 Å². The number of rotatable bonds is 8. The summed E-state index contributed by atoms with van der Waals surface area (Å²) in [5.41, 5.74) is 4.00. The first kappa shape index (κ1) is 26.7. The Kier molecular flexibility index (Phi) is 7.63. The lowest BCUT2D eigenvalue weighted by Crippen LogP contribution is -2.34. The van der Waals surface area contributed by atoms with E-state index in [1.165, 1.54) is 0 Å². The molecule has 0 spiro atoms. The zero-order valence-electron chi connectivity index (χ0n) is 22.7. The lowest BCUT2D eigenvalue weighted by molar-refractivity contribution is -0.113. The van der Waals surface area contributed by atoms with Gasteiger partial charge in [0.25, 0.3) is 0 Å². The van der Waals surface area contributed by atoms with Crippen LogP contribution >= 0.6 is 0 Å². The molecular weight excluding hydrogens is 506 g/mol. The molecule has 0 amide bonds. The summed E-state index contributed by atoms with van der Waals surface area (Å²) in [6, 6.07) is 11.7. The van der Waals surface area contributed by atoms with Gasteiger partial charge < -0.3 is 8.83 Å². The number of aryl methyl sites for hydroxylation is 4. The molecule has 0 N–H and O–H groups in total. The number of furan rings is 2.